The number of hydrogen-bond acceptors (Lipinski definition) is 6. The van der Waals surface area contributed by atoms with Crippen LogP contribution in [0.3, 0.4) is 0 Å². The van der Waals surface area contributed by atoms with Crippen molar-refractivity contribution in [3.05, 3.63) is 101 Å². The van der Waals surface area contributed by atoms with Crippen LogP contribution >= 0.6 is 0 Å². The molecule has 5 rings (SSSR count). The van der Waals surface area contributed by atoms with Gasteiger partial charge in [0.05, 0.1) is 18.7 Å². The fourth-order valence-electron chi connectivity index (χ4n) is 4.84. The van der Waals surface area contributed by atoms with Crippen LogP contribution in [0.2, 0.25) is 0 Å². The first kappa shape index (κ1) is 21.2. The van der Waals surface area contributed by atoms with Gasteiger partial charge in [-0.15, -0.1) is 0 Å². The lowest BCUT2D eigenvalue weighted by atomic mass is 9.76. The summed E-state index contributed by atoms with van der Waals surface area (Å²) in [5.74, 6) is -2.04. The standard InChI is InChI=1S/C27H25NO5/c1-17-9-13-20(14-10-17)24-22-23(19-7-5-4-6-8-19)32-26(30)27(22,25(29)31-3)28(33-24)21-15-11-18(2)12-16-21/h4-16,22-24H,1-3H3. The molecule has 6 nitrogen and oxygen atoms in total. The third-order valence-electron chi connectivity index (χ3n) is 6.52. The number of hydroxylamine groups is 1. The number of nitrogens with zero attached hydrogens (tertiary/aromatic N) is 1. The normalized spacial score (nSPS) is 26.1. The molecule has 0 aromatic heterocycles. The van der Waals surface area contributed by atoms with Crippen molar-refractivity contribution < 1.29 is 23.9 Å². The van der Waals surface area contributed by atoms with Crippen LogP contribution in [0.25, 0.3) is 0 Å². The third kappa shape index (κ3) is 3.21. The Bertz CT molecular complexity index is 1180. The molecular formula is C27H25NO5. The number of esters is 2. The van der Waals surface area contributed by atoms with E-state index in [-0.39, 0.29) is 0 Å². The van der Waals surface area contributed by atoms with Crippen molar-refractivity contribution >= 4 is 17.6 Å². The first-order valence-corrected chi connectivity index (χ1v) is 10.9. The Kier molecular flexibility index (Phi) is 5.17. The van der Waals surface area contributed by atoms with Crippen LogP contribution in [-0.2, 0) is 23.9 Å². The highest BCUT2D eigenvalue weighted by molar-refractivity contribution is 6.10. The molecule has 0 aliphatic carbocycles. The molecule has 6 heteroatoms. The molecule has 0 spiro atoms. The van der Waals surface area contributed by atoms with Crippen LogP contribution in [-0.4, -0.2) is 24.6 Å². The van der Waals surface area contributed by atoms with Gasteiger partial charge in [-0.2, -0.15) is 0 Å². The Labute approximate surface area is 192 Å². The molecule has 3 aromatic rings. The van der Waals surface area contributed by atoms with Crippen LogP contribution in [0, 0.1) is 19.8 Å². The predicted molar refractivity (Wildman–Crippen MR) is 122 cm³/mol. The molecule has 168 valence electrons. The van der Waals surface area contributed by atoms with Crippen molar-refractivity contribution in [1.29, 1.82) is 0 Å². The highest BCUT2D eigenvalue weighted by Crippen LogP contribution is 2.58. The molecule has 0 amide bonds. The van der Waals surface area contributed by atoms with Crippen molar-refractivity contribution in [2.75, 3.05) is 12.2 Å². The number of ether oxygens (including phenoxy) is 2. The second-order valence-corrected chi connectivity index (χ2v) is 8.59. The predicted octanol–water partition coefficient (Wildman–Crippen LogP) is 4.62. The van der Waals surface area contributed by atoms with Gasteiger partial charge in [0.2, 0.25) is 0 Å². The van der Waals surface area contributed by atoms with Gasteiger partial charge in [-0.1, -0.05) is 77.9 Å². The van der Waals surface area contributed by atoms with E-state index in [9.17, 15) is 9.59 Å². The van der Waals surface area contributed by atoms with Gasteiger partial charge in [-0.25, -0.2) is 14.7 Å². The molecule has 4 atom stereocenters. The summed E-state index contributed by atoms with van der Waals surface area (Å²) in [5.41, 5.74) is 2.61. The molecule has 2 aliphatic heterocycles. The van der Waals surface area contributed by atoms with Crippen molar-refractivity contribution in [2.45, 2.75) is 31.6 Å². The molecule has 2 aliphatic rings. The van der Waals surface area contributed by atoms with Crippen molar-refractivity contribution in [3.63, 3.8) is 0 Å². The van der Waals surface area contributed by atoms with Gasteiger partial charge in [-0.05, 0) is 37.1 Å². The fraction of sp³-hybridized carbons (Fsp3) is 0.259. The first-order valence-electron chi connectivity index (χ1n) is 10.9. The topological polar surface area (TPSA) is 65.1 Å². The number of cyclic esters (lactones) is 1. The zero-order valence-electron chi connectivity index (χ0n) is 18.7. The second-order valence-electron chi connectivity index (χ2n) is 8.59. The maximum Gasteiger partial charge on any atom is 0.347 e. The lowest BCUT2D eigenvalue weighted by Gasteiger charge is -2.31. The zero-order valence-corrected chi connectivity index (χ0v) is 18.7. The number of hydrogen-bond donors (Lipinski definition) is 0. The number of aryl methyl sites for hydroxylation is 2. The van der Waals surface area contributed by atoms with Gasteiger partial charge in [-0.3, -0.25) is 4.84 Å². The van der Waals surface area contributed by atoms with Gasteiger partial charge >= 0.3 is 11.9 Å². The SMILES string of the molecule is COC(=O)C12C(=O)OC(c3ccccc3)C1C(c1ccc(C)cc1)ON2c1ccc(C)cc1. The number of fused-ring (bicyclic) bond motifs is 1. The minimum absolute atomic E-state index is 0.580. The molecule has 2 saturated heterocycles. The lowest BCUT2D eigenvalue weighted by molar-refractivity contribution is -0.159. The molecule has 3 aromatic carbocycles. The van der Waals surface area contributed by atoms with E-state index >= 15 is 0 Å². The maximum absolute atomic E-state index is 13.6. The third-order valence-corrected chi connectivity index (χ3v) is 6.52. The molecule has 0 saturated carbocycles. The molecule has 0 bridgehead atoms. The van der Waals surface area contributed by atoms with E-state index in [0.717, 1.165) is 22.3 Å². The number of methoxy groups -OCH3 is 1. The Morgan fingerprint density at radius 2 is 1.42 bits per heavy atom. The quantitative estimate of drug-likeness (QED) is 0.433. The summed E-state index contributed by atoms with van der Waals surface area (Å²) < 4.78 is 11.1. The van der Waals surface area contributed by atoms with Crippen LogP contribution in [0.4, 0.5) is 5.69 Å². The largest absolute Gasteiger partial charge is 0.467 e. The van der Waals surface area contributed by atoms with Crippen molar-refractivity contribution in [1.82, 2.24) is 0 Å². The van der Waals surface area contributed by atoms with Crippen molar-refractivity contribution in [3.8, 4) is 0 Å². The summed E-state index contributed by atoms with van der Waals surface area (Å²) >= 11 is 0. The van der Waals surface area contributed by atoms with Gasteiger partial charge in [0, 0.05) is 0 Å². The average Bonchev–Trinajstić information content (AvgIpc) is 3.35. The minimum atomic E-state index is -1.78. The maximum atomic E-state index is 13.6. The second kappa shape index (κ2) is 8.05. The monoisotopic (exact) mass is 443 g/mol. The summed E-state index contributed by atoms with van der Waals surface area (Å²) in [6, 6.07) is 24.8. The van der Waals surface area contributed by atoms with Crippen LogP contribution in [0.15, 0.2) is 78.9 Å². The van der Waals surface area contributed by atoms with Gasteiger partial charge < -0.3 is 9.47 Å². The Morgan fingerprint density at radius 3 is 2.03 bits per heavy atom. The van der Waals surface area contributed by atoms with E-state index in [1.165, 1.54) is 12.2 Å². The van der Waals surface area contributed by atoms with Crippen LogP contribution in [0.1, 0.15) is 34.5 Å². The molecule has 33 heavy (non-hydrogen) atoms. The van der Waals surface area contributed by atoms with Crippen LogP contribution in [0.5, 0.6) is 0 Å². The zero-order chi connectivity index (χ0) is 23.2. The Hall–Kier alpha value is -3.64. The molecule has 2 fully saturated rings. The first-order chi connectivity index (χ1) is 16.0. The highest BCUT2D eigenvalue weighted by atomic mass is 16.7. The highest BCUT2D eigenvalue weighted by Gasteiger charge is 2.74. The van der Waals surface area contributed by atoms with Crippen LogP contribution < -0.4 is 5.06 Å². The smallest absolute Gasteiger partial charge is 0.347 e. The average molecular weight is 443 g/mol. The van der Waals surface area contributed by atoms with Crippen molar-refractivity contribution in [2.24, 2.45) is 5.92 Å². The van der Waals surface area contributed by atoms with Gasteiger partial charge in [0.25, 0.3) is 5.54 Å². The molecule has 0 radical (unpaired) electrons. The van der Waals surface area contributed by atoms with Gasteiger partial charge in [0.1, 0.15) is 12.2 Å². The molecule has 2 heterocycles. The van der Waals surface area contributed by atoms with Gasteiger partial charge in [0.15, 0.2) is 0 Å². The molecule has 4 unspecified atom stereocenters. The number of carbonyl (C=O) groups excluding carboxylic acids is 2. The van der Waals surface area contributed by atoms with E-state index in [2.05, 4.69) is 0 Å². The number of anilines is 1. The summed E-state index contributed by atoms with van der Waals surface area (Å²) in [6.07, 6.45) is -1.29. The summed E-state index contributed by atoms with van der Waals surface area (Å²) in [5, 5.41) is 1.40. The number of rotatable bonds is 4. The molecule has 0 N–H and O–H groups in total. The van der Waals surface area contributed by atoms with E-state index in [4.69, 9.17) is 14.3 Å². The van der Waals surface area contributed by atoms with E-state index in [0.29, 0.717) is 5.69 Å². The van der Waals surface area contributed by atoms with E-state index in [1.54, 1.807) is 0 Å². The Morgan fingerprint density at radius 1 is 0.848 bits per heavy atom. The number of carbonyl (C=O) groups is 2. The summed E-state index contributed by atoms with van der Waals surface area (Å²) in [4.78, 5) is 33.5. The van der Waals surface area contributed by atoms with E-state index in [1.807, 2.05) is 92.7 Å². The van der Waals surface area contributed by atoms with E-state index < -0.39 is 35.6 Å². The lowest BCUT2D eigenvalue weighted by Crippen LogP contribution is -2.58. The minimum Gasteiger partial charge on any atom is -0.467 e. The Balaban J connectivity index is 1.73. The molecular weight excluding hydrogens is 418 g/mol. The number of benzene rings is 3. The summed E-state index contributed by atoms with van der Waals surface area (Å²) in [7, 11) is 1.28. The fourth-order valence-corrected chi connectivity index (χ4v) is 4.84. The summed E-state index contributed by atoms with van der Waals surface area (Å²) in [6.45, 7) is 3.98.